The van der Waals surface area contributed by atoms with E-state index in [9.17, 15) is 13.2 Å². The lowest BCUT2D eigenvalue weighted by atomic mass is 9.88. The Morgan fingerprint density at radius 3 is 2.59 bits per heavy atom. The third-order valence-corrected chi connectivity index (χ3v) is 7.96. The molecule has 1 atom stereocenters. The van der Waals surface area contributed by atoms with E-state index in [0.29, 0.717) is 18.0 Å². The Morgan fingerprint density at radius 1 is 1.18 bits per heavy atom. The van der Waals surface area contributed by atoms with Crippen LogP contribution in [-0.2, 0) is 21.2 Å². The third kappa shape index (κ3) is 4.79. The number of sulfonamides is 1. The molecule has 1 N–H and O–H groups in total. The van der Waals surface area contributed by atoms with E-state index in [0.717, 1.165) is 29.1 Å². The van der Waals surface area contributed by atoms with Crippen LogP contribution in [0.1, 0.15) is 48.4 Å². The largest absolute Gasteiger partial charge is 0.494 e. The van der Waals surface area contributed by atoms with Crippen LogP contribution in [0, 0.1) is 13.8 Å². The van der Waals surface area contributed by atoms with E-state index in [1.54, 1.807) is 38.1 Å². The predicted molar refractivity (Wildman–Crippen MR) is 128 cm³/mol. The maximum absolute atomic E-state index is 13.7. The molecule has 180 valence electrons. The van der Waals surface area contributed by atoms with E-state index in [-0.39, 0.29) is 34.8 Å². The van der Waals surface area contributed by atoms with Crippen molar-refractivity contribution in [2.45, 2.75) is 51.0 Å². The Kier molecular flexibility index (Phi) is 6.92. The number of amides is 1. The minimum absolute atomic E-state index is 0.0304. The Morgan fingerprint density at radius 2 is 1.91 bits per heavy atom. The van der Waals surface area contributed by atoms with Crippen LogP contribution < -0.4 is 14.4 Å². The van der Waals surface area contributed by atoms with E-state index in [4.69, 9.17) is 9.26 Å². The molecule has 0 saturated heterocycles. The summed E-state index contributed by atoms with van der Waals surface area (Å²) in [7, 11) is -4.12. The number of nitrogens with one attached hydrogen (secondary N) is 1. The average Bonchev–Trinajstić information content (AvgIpc) is 3.17. The number of hydrogen-bond donors (Lipinski definition) is 1. The average molecular weight is 484 g/mol. The van der Waals surface area contributed by atoms with Gasteiger partial charge in [-0.15, -0.1) is 0 Å². The van der Waals surface area contributed by atoms with Crippen LogP contribution in [0.4, 0.5) is 5.69 Å². The molecule has 1 aliphatic rings. The van der Waals surface area contributed by atoms with Crippen molar-refractivity contribution >= 4 is 21.6 Å². The molecular weight excluding hydrogens is 454 g/mol. The topological polar surface area (TPSA) is 102 Å². The van der Waals surface area contributed by atoms with Crippen LogP contribution in [0.3, 0.4) is 0 Å². The highest BCUT2D eigenvalue weighted by atomic mass is 32.2. The normalized spacial score (nSPS) is 15.4. The monoisotopic (exact) mass is 483 g/mol. The van der Waals surface area contributed by atoms with Gasteiger partial charge in [0, 0.05) is 0 Å². The number of aryl methyl sites for hydroxylation is 3. The second-order valence-electron chi connectivity index (χ2n) is 8.30. The molecule has 1 amide bonds. The number of hydrogen-bond acceptors (Lipinski definition) is 6. The zero-order valence-corrected chi connectivity index (χ0v) is 20.4. The van der Waals surface area contributed by atoms with Gasteiger partial charge in [-0.25, -0.2) is 8.42 Å². The Balaban J connectivity index is 1.64. The number of carbonyl (C=O) groups excluding carboxylic acids is 1. The smallest absolute Gasteiger partial charge is 0.270 e. The molecule has 3 aromatic rings. The molecule has 1 aliphatic carbocycles. The lowest BCUT2D eigenvalue weighted by molar-refractivity contribution is -0.120. The Hall–Kier alpha value is -3.33. The van der Waals surface area contributed by atoms with E-state index in [2.05, 4.69) is 16.5 Å². The van der Waals surface area contributed by atoms with Crippen molar-refractivity contribution in [1.82, 2.24) is 10.5 Å². The second-order valence-corrected chi connectivity index (χ2v) is 10.1. The lowest BCUT2D eigenvalue weighted by Gasteiger charge is -2.28. The van der Waals surface area contributed by atoms with Gasteiger partial charge in [0.25, 0.3) is 10.0 Å². The fourth-order valence-electron chi connectivity index (χ4n) is 4.42. The summed E-state index contributed by atoms with van der Waals surface area (Å²) in [4.78, 5) is 13.1. The van der Waals surface area contributed by atoms with Gasteiger partial charge in [0.05, 0.1) is 18.3 Å². The number of nitrogens with zero attached hydrogens (tertiary/aromatic N) is 2. The first-order valence-electron chi connectivity index (χ1n) is 11.4. The van der Waals surface area contributed by atoms with Gasteiger partial charge in [0.2, 0.25) is 5.91 Å². The number of carbonyl (C=O) groups is 1. The molecule has 0 fully saturated rings. The SMILES string of the molecule is CCOc1ccc(N(CC(=O)NC2CCCc3ccccc32)S(=O)(=O)c2c(C)noc2C)cc1. The van der Waals surface area contributed by atoms with Crippen molar-refractivity contribution in [1.29, 1.82) is 0 Å². The van der Waals surface area contributed by atoms with Gasteiger partial charge < -0.3 is 14.6 Å². The predicted octanol–water partition coefficient (Wildman–Crippen LogP) is 4.08. The molecule has 0 aliphatic heterocycles. The van der Waals surface area contributed by atoms with E-state index in [1.165, 1.54) is 5.56 Å². The second kappa shape index (κ2) is 9.89. The first kappa shape index (κ1) is 23.8. The molecule has 2 aromatic carbocycles. The highest BCUT2D eigenvalue weighted by molar-refractivity contribution is 7.93. The van der Waals surface area contributed by atoms with Crippen LogP contribution in [0.25, 0.3) is 0 Å². The minimum atomic E-state index is -4.12. The molecule has 0 saturated carbocycles. The first-order chi connectivity index (χ1) is 16.3. The number of ether oxygens (including phenoxy) is 1. The fraction of sp³-hybridized carbons (Fsp3) is 0.360. The number of benzene rings is 2. The van der Waals surface area contributed by atoms with Crippen LogP contribution in [0.5, 0.6) is 5.75 Å². The highest BCUT2D eigenvalue weighted by Crippen LogP contribution is 2.31. The molecule has 0 spiro atoms. The van der Waals surface area contributed by atoms with Gasteiger partial charge in [0.15, 0.2) is 10.7 Å². The quantitative estimate of drug-likeness (QED) is 0.518. The highest BCUT2D eigenvalue weighted by Gasteiger charge is 2.33. The maximum Gasteiger partial charge on any atom is 0.270 e. The van der Waals surface area contributed by atoms with Gasteiger partial charge in [-0.3, -0.25) is 9.10 Å². The van der Waals surface area contributed by atoms with E-state index in [1.807, 2.05) is 25.1 Å². The van der Waals surface area contributed by atoms with Crippen molar-refractivity contribution in [3.63, 3.8) is 0 Å². The summed E-state index contributed by atoms with van der Waals surface area (Å²) in [6, 6.07) is 14.5. The fourth-order valence-corrected chi connectivity index (χ4v) is 6.14. The summed E-state index contributed by atoms with van der Waals surface area (Å²) in [6.45, 7) is 5.10. The van der Waals surface area contributed by atoms with Crippen molar-refractivity contribution in [2.24, 2.45) is 0 Å². The van der Waals surface area contributed by atoms with Crippen molar-refractivity contribution < 1.29 is 22.5 Å². The van der Waals surface area contributed by atoms with E-state index >= 15 is 0 Å². The molecule has 0 radical (unpaired) electrons. The minimum Gasteiger partial charge on any atom is -0.494 e. The third-order valence-electron chi connectivity index (χ3n) is 5.94. The van der Waals surface area contributed by atoms with Gasteiger partial charge in [0.1, 0.15) is 18.0 Å². The Labute approximate surface area is 200 Å². The molecule has 0 bridgehead atoms. The molecule has 4 rings (SSSR count). The van der Waals surface area contributed by atoms with Crippen LogP contribution >= 0.6 is 0 Å². The zero-order chi connectivity index (χ0) is 24.3. The van der Waals surface area contributed by atoms with Gasteiger partial charge in [-0.1, -0.05) is 29.4 Å². The molecule has 9 heteroatoms. The van der Waals surface area contributed by atoms with Crippen LogP contribution in [0.2, 0.25) is 0 Å². The maximum atomic E-state index is 13.7. The summed E-state index contributed by atoms with van der Waals surface area (Å²) in [6.07, 6.45) is 2.74. The summed E-state index contributed by atoms with van der Waals surface area (Å²) < 4.78 is 39.1. The molecule has 8 nitrogen and oxygen atoms in total. The zero-order valence-electron chi connectivity index (χ0n) is 19.6. The molecule has 1 heterocycles. The summed E-state index contributed by atoms with van der Waals surface area (Å²) >= 11 is 0. The van der Waals surface area contributed by atoms with Gasteiger partial charge in [-0.2, -0.15) is 0 Å². The molecule has 34 heavy (non-hydrogen) atoms. The summed E-state index contributed by atoms with van der Waals surface area (Å²) in [5, 5.41) is 6.84. The van der Waals surface area contributed by atoms with Gasteiger partial charge in [-0.05, 0) is 75.4 Å². The van der Waals surface area contributed by atoms with Crippen LogP contribution in [0.15, 0.2) is 57.9 Å². The van der Waals surface area contributed by atoms with Crippen molar-refractivity contribution in [3.8, 4) is 5.75 Å². The van der Waals surface area contributed by atoms with Gasteiger partial charge >= 0.3 is 0 Å². The first-order valence-corrected chi connectivity index (χ1v) is 12.8. The molecule has 1 unspecified atom stereocenters. The number of fused-ring (bicyclic) bond motifs is 1. The molecule has 1 aromatic heterocycles. The number of aromatic nitrogens is 1. The summed E-state index contributed by atoms with van der Waals surface area (Å²) in [5.41, 5.74) is 2.90. The van der Waals surface area contributed by atoms with Crippen LogP contribution in [-0.4, -0.2) is 32.6 Å². The molecular formula is C25H29N3O5S. The van der Waals surface area contributed by atoms with Crippen molar-refractivity contribution in [2.75, 3.05) is 17.5 Å². The number of rotatable bonds is 8. The number of anilines is 1. The Bertz CT molecular complexity index is 1250. The summed E-state index contributed by atoms with van der Waals surface area (Å²) in [5.74, 6) is 0.408. The van der Waals surface area contributed by atoms with Crippen molar-refractivity contribution in [3.05, 3.63) is 71.1 Å². The standard InChI is InChI=1S/C25H29N3O5S/c1-4-32-21-14-12-20(13-15-21)28(34(30,31)25-17(2)27-33-18(25)3)16-24(29)26-23-11-7-9-19-8-5-6-10-22(19)23/h5-6,8,10,12-15,23H,4,7,9,11,16H2,1-3H3,(H,26,29). The lowest BCUT2D eigenvalue weighted by Crippen LogP contribution is -2.42. The van der Waals surface area contributed by atoms with E-state index < -0.39 is 10.0 Å².